The van der Waals surface area contributed by atoms with Crippen LogP contribution in [0, 0.1) is 0 Å². The van der Waals surface area contributed by atoms with Crippen molar-refractivity contribution in [2.45, 2.75) is 25.4 Å². The van der Waals surface area contributed by atoms with E-state index in [1.807, 2.05) is 0 Å². The minimum atomic E-state index is -4.41. The lowest BCUT2D eigenvalue weighted by molar-refractivity contribution is -0.137. The van der Waals surface area contributed by atoms with Crippen molar-refractivity contribution in [3.05, 3.63) is 35.4 Å². The van der Waals surface area contributed by atoms with Crippen molar-refractivity contribution in [2.75, 3.05) is 19.6 Å². The van der Waals surface area contributed by atoms with Gasteiger partial charge in [-0.05, 0) is 11.6 Å². The third kappa shape index (κ3) is 6.76. The molecule has 0 aliphatic carbocycles. The monoisotopic (exact) mass is 367 g/mol. The number of nitrogens with one attached hydrogen (secondary N) is 2. The van der Waals surface area contributed by atoms with Gasteiger partial charge in [0.05, 0.1) is 18.7 Å². The Hall–Kier alpha value is -1.80. The molecule has 0 radical (unpaired) electrons. The summed E-state index contributed by atoms with van der Waals surface area (Å²) in [6, 6.07) is 4.99. The number of hydrogen-bond acceptors (Lipinski definition) is 3. The zero-order valence-electron chi connectivity index (χ0n) is 13.4. The van der Waals surface area contributed by atoms with E-state index in [-0.39, 0.29) is 32.0 Å². The molecule has 1 aromatic carbocycles. The van der Waals surface area contributed by atoms with E-state index >= 15 is 0 Å². The summed E-state index contributed by atoms with van der Waals surface area (Å²) in [5, 5.41) is 4.90. The van der Waals surface area contributed by atoms with E-state index in [2.05, 4.69) is 10.6 Å². The number of benzene rings is 1. The zero-order chi connectivity index (χ0) is 17.7. The molecule has 4 N–H and O–H groups in total. The van der Waals surface area contributed by atoms with Gasteiger partial charge in [-0.1, -0.05) is 32.0 Å². The number of hydrogen-bond donors (Lipinski definition) is 3. The summed E-state index contributed by atoms with van der Waals surface area (Å²) < 4.78 is 38.3. The normalized spacial score (nSPS) is 11.4. The predicted octanol–water partition coefficient (Wildman–Crippen LogP) is 1.60. The quantitative estimate of drug-likeness (QED) is 0.714. The van der Waals surface area contributed by atoms with Crippen LogP contribution in [0.5, 0.6) is 0 Å². The van der Waals surface area contributed by atoms with E-state index < -0.39 is 29.0 Å². The van der Waals surface area contributed by atoms with Gasteiger partial charge in [0.1, 0.15) is 0 Å². The van der Waals surface area contributed by atoms with Crippen LogP contribution in [-0.4, -0.2) is 31.4 Å². The average Bonchev–Trinajstić information content (AvgIpc) is 2.50. The average molecular weight is 368 g/mol. The third-order valence-corrected chi connectivity index (χ3v) is 3.33. The molecule has 1 aromatic rings. The molecule has 0 unspecified atom stereocenters. The number of carbonyl (C=O) groups is 2. The maximum Gasteiger partial charge on any atom is 0.416 e. The van der Waals surface area contributed by atoms with E-state index in [9.17, 15) is 22.8 Å². The second-order valence-corrected chi connectivity index (χ2v) is 5.72. The first-order valence-electron chi connectivity index (χ1n) is 6.97. The molecule has 0 bridgehead atoms. The van der Waals surface area contributed by atoms with Crippen LogP contribution < -0.4 is 16.4 Å². The number of rotatable bonds is 6. The first-order valence-corrected chi connectivity index (χ1v) is 6.97. The first kappa shape index (κ1) is 22.2. The van der Waals surface area contributed by atoms with Gasteiger partial charge in [-0.3, -0.25) is 9.59 Å². The van der Waals surface area contributed by atoms with Gasteiger partial charge in [-0.15, -0.1) is 12.4 Å². The molecular formula is C15H21ClF3N3O2. The van der Waals surface area contributed by atoms with Crippen molar-refractivity contribution in [3.8, 4) is 0 Å². The Balaban J connectivity index is 0.00000529. The lowest BCUT2D eigenvalue weighted by atomic mass is 9.83. The van der Waals surface area contributed by atoms with Crippen molar-refractivity contribution < 1.29 is 22.8 Å². The molecule has 0 aromatic heterocycles. The molecule has 2 amide bonds. The van der Waals surface area contributed by atoms with Gasteiger partial charge in [-0.2, -0.15) is 13.2 Å². The van der Waals surface area contributed by atoms with Gasteiger partial charge in [0.2, 0.25) is 11.8 Å². The third-order valence-electron chi connectivity index (χ3n) is 3.33. The number of nitrogens with two attached hydrogens (primary N) is 1. The second kappa shape index (κ2) is 8.89. The summed E-state index contributed by atoms with van der Waals surface area (Å²) in [4.78, 5) is 22.6. The fourth-order valence-corrected chi connectivity index (χ4v) is 1.85. The lowest BCUT2D eigenvalue weighted by Gasteiger charge is -2.26. The summed E-state index contributed by atoms with van der Waals surface area (Å²) in [6.07, 6.45) is -4.41. The van der Waals surface area contributed by atoms with Crippen LogP contribution in [0.25, 0.3) is 0 Å². The van der Waals surface area contributed by atoms with Gasteiger partial charge in [0.25, 0.3) is 0 Å². The highest BCUT2D eigenvalue weighted by Gasteiger charge is 2.32. The Bertz CT molecular complexity index is 577. The maximum atomic E-state index is 12.8. The molecule has 0 aliphatic heterocycles. The summed E-state index contributed by atoms with van der Waals surface area (Å²) in [5.41, 5.74) is 4.12. The molecule has 136 valence electrons. The minimum absolute atomic E-state index is 0. The lowest BCUT2D eigenvalue weighted by Crippen LogP contribution is -2.43. The second-order valence-electron chi connectivity index (χ2n) is 5.72. The van der Waals surface area contributed by atoms with Crippen molar-refractivity contribution in [1.29, 1.82) is 0 Å². The SMILES string of the molecule is CC(C)(CNC(=O)CNC(=O)CN)c1cccc(C(F)(F)F)c1.Cl. The molecule has 0 spiro atoms. The van der Waals surface area contributed by atoms with Crippen LogP contribution in [-0.2, 0) is 21.2 Å². The largest absolute Gasteiger partial charge is 0.416 e. The molecule has 1 rings (SSSR count). The number of amides is 2. The summed E-state index contributed by atoms with van der Waals surface area (Å²) in [7, 11) is 0. The fourth-order valence-electron chi connectivity index (χ4n) is 1.85. The Kier molecular flexibility index (Phi) is 8.22. The molecule has 5 nitrogen and oxygen atoms in total. The van der Waals surface area contributed by atoms with E-state index in [0.717, 1.165) is 12.1 Å². The van der Waals surface area contributed by atoms with Crippen LogP contribution in [0.1, 0.15) is 25.0 Å². The van der Waals surface area contributed by atoms with E-state index in [1.54, 1.807) is 19.9 Å². The highest BCUT2D eigenvalue weighted by molar-refractivity contribution is 5.85. The van der Waals surface area contributed by atoms with Crippen LogP contribution in [0.3, 0.4) is 0 Å². The van der Waals surface area contributed by atoms with Crippen LogP contribution >= 0.6 is 12.4 Å². The standard InChI is InChI=1S/C15H20F3N3O2.ClH/c1-14(2,9-21-13(23)8-20-12(22)7-19)10-4-3-5-11(6-10)15(16,17)18;/h3-6H,7-9,19H2,1-2H3,(H,20,22)(H,21,23);1H. The van der Waals surface area contributed by atoms with Gasteiger partial charge in [-0.25, -0.2) is 0 Å². The molecule has 0 aliphatic rings. The molecule has 0 heterocycles. The number of carbonyl (C=O) groups excluding carboxylic acids is 2. The Morgan fingerprint density at radius 3 is 2.21 bits per heavy atom. The maximum absolute atomic E-state index is 12.8. The summed E-state index contributed by atoms with van der Waals surface area (Å²) >= 11 is 0. The molecular weight excluding hydrogens is 347 g/mol. The Labute approximate surface area is 144 Å². The molecule has 0 fully saturated rings. The molecule has 24 heavy (non-hydrogen) atoms. The smallest absolute Gasteiger partial charge is 0.354 e. The zero-order valence-corrected chi connectivity index (χ0v) is 14.2. The highest BCUT2D eigenvalue weighted by Crippen LogP contribution is 2.32. The Morgan fingerprint density at radius 1 is 1.08 bits per heavy atom. The summed E-state index contributed by atoms with van der Waals surface area (Å²) in [5.74, 6) is -0.899. The van der Waals surface area contributed by atoms with Gasteiger partial charge in [0.15, 0.2) is 0 Å². The molecule has 0 atom stereocenters. The minimum Gasteiger partial charge on any atom is -0.354 e. The van der Waals surface area contributed by atoms with Gasteiger partial charge >= 0.3 is 6.18 Å². The van der Waals surface area contributed by atoms with Crippen molar-refractivity contribution in [1.82, 2.24) is 10.6 Å². The topological polar surface area (TPSA) is 84.2 Å². The van der Waals surface area contributed by atoms with Gasteiger partial charge in [0, 0.05) is 12.0 Å². The van der Waals surface area contributed by atoms with E-state index in [4.69, 9.17) is 5.73 Å². The molecule has 9 heteroatoms. The van der Waals surface area contributed by atoms with E-state index in [1.165, 1.54) is 6.07 Å². The van der Waals surface area contributed by atoms with Gasteiger partial charge < -0.3 is 16.4 Å². The first-order chi connectivity index (χ1) is 10.6. The van der Waals surface area contributed by atoms with Crippen LogP contribution in [0.4, 0.5) is 13.2 Å². The highest BCUT2D eigenvalue weighted by atomic mass is 35.5. The van der Waals surface area contributed by atoms with Crippen LogP contribution in [0.2, 0.25) is 0 Å². The summed E-state index contributed by atoms with van der Waals surface area (Å²) in [6.45, 7) is 3.13. The van der Waals surface area contributed by atoms with E-state index in [0.29, 0.717) is 5.56 Å². The van der Waals surface area contributed by atoms with Crippen molar-refractivity contribution in [2.24, 2.45) is 5.73 Å². The Morgan fingerprint density at radius 2 is 1.67 bits per heavy atom. The number of halogens is 4. The molecule has 0 saturated carbocycles. The molecule has 0 saturated heterocycles. The fraction of sp³-hybridized carbons (Fsp3) is 0.467. The number of alkyl halides is 3. The van der Waals surface area contributed by atoms with Crippen molar-refractivity contribution in [3.63, 3.8) is 0 Å². The van der Waals surface area contributed by atoms with Crippen molar-refractivity contribution >= 4 is 24.2 Å². The predicted molar refractivity (Wildman–Crippen MR) is 86.8 cm³/mol. The van der Waals surface area contributed by atoms with Crippen LogP contribution in [0.15, 0.2) is 24.3 Å².